The number of ketones is 1. The first-order chi connectivity index (χ1) is 12.5. The number of nitrogens with zero attached hydrogens (tertiary/aromatic N) is 1. The number of aliphatic carboxylic acids is 1. The van der Waals surface area contributed by atoms with E-state index in [9.17, 15) is 14.7 Å². The fraction of sp³-hybridized carbons (Fsp3) is 0.190. The number of carbonyl (C=O) groups excluding carboxylic acids is 1. The number of aromatic amines is 1. The summed E-state index contributed by atoms with van der Waals surface area (Å²) in [6, 6.07) is 14.9. The van der Waals surface area contributed by atoms with Gasteiger partial charge >= 0.3 is 5.97 Å². The Bertz CT molecular complexity index is 902. The molecule has 0 radical (unpaired) electrons. The zero-order valence-corrected chi connectivity index (χ0v) is 14.5. The summed E-state index contributed by atoms with van der Waals surface area (Å²) < 4.78 is 0. The maximum atomic E-state index is 12.7. The van der Waals surface area contributed by atoms with Gasteiger partial charge in [-0.25, -0.2) is 0 Å². The van der Waals surface area contributed by atoms with E-state index in [1.807, 2.05) is 55.6 Å². The molecule has 5 nitrogen and oxygen atoms in total. The molecule has 2 N–H and O–H groups in total. The van der Waals surface area contributed by atoms with E-state index in [2.05, 4.69) is 10.2 Å². The Morgan fingerprint density at radius 3 is 2.50 bits per heavy atom. The van der Waals surface area contributed by atoms with Crippen molar-refractivity contribution in [3.8, 4) is 11.1 Å². The van der Waals surface area contributed by atoms with Crippen molar-refractivity contribution in [2.24, 2.45) is 0 Å². The van der Waals surface area contributed by atoms with Gasteiger partial charge in [0, 0.05) is 29.7 Å². The van der Waals surface area contributed by atoms with Gasteiger partial charge in [-0.3, -0.25) is 14.7 Å². The Labute approximate surface area is 151 Å². The van der Waals surface area contributed by atoms with Crippen LogP contribution in [0, 0.1) is 6.92 Å². The summed E-state index contributed by atoms with van der Waals surface area (Å²) in [7, 11) is 0. The van der Waals surface area contributed by atoms with Gasteiger partial charge in [0.2, 0.25) is 0 Å². The van der Waals surface area contributed by atoms with Gasteiger partial charge in [-0.1, -0.05) is 42.5 Å². The second-order valence-electron chi connectivity index (χ2n) is 6.35. The fourth-order valence-electron chi connectivity index (χ4n) is 3.14. The van der Waals surface area contributed by atoms with Crippen molar-refractivity contribution in [2.45, 2.75) is 25.7 Å². The number of carboxylic acids is 1. The Kier molecular flexibility index (Phi) is 5.27. The molecule has 1 aromatic heterocycles. The van der Waals surface area contributed by atoms with E-state index in [1.54, 1.807) is 12.3 Å². The number of aryl methyl sites for hydroxylation is 1. The third-order valence-corrected chi connectivity index (χ3v) is 4.48. The summed E-state index contributed by atoms with van der Waals surface area (Å²) in [6.07, 6.45) is 3.65. The lowest BCUT2D eigenvalue weighted by atomic mass is 9.88. The summed E-state index contributed by atoms with van der Waals surface area (Å²) in [5.74, 6) is -1.30. The Balaban J connectivity index is 1.81. The molecule has 0 spiro atoms. The second-order valence-corrected chi connectivity index (χ2v) is 6.35. The molecule has 0 aliphatic carbocycles. The van der Waals surface area contributed by atoms with Crippen LogP contribution in [0.5, 0.6) is 0 Å². The zero-order chi connectivity index (χ0) is 18.5. The van der Waals surface area contributed by atoms with E-state index in [0.29, 0.717) is 5.56 Å². The third-order valence-electron chi connectivity index (χ3n) is 4.48. The van der Waals surface area contributed by atoms with Gasteiger partial charge in [0.1, 0.15) is 0 Å². The number of nitrogens with one attached hydrogen (secondary N) is 1. The highest BCUT2D eigenvalue weighted by Crippen LogP contribution is 2.28. The summed E-state index contributed by atoms with van der Waals surface area (Å²) in [5.41, 5.74) is 4.43. The summed E-state index contributed by atoms with van der Waals surface area (Å²) in [5, 5.41) is 15.9. The molecular weight excluding hydrogens is 328 g/mol. The van der Waals surface area contributed by atoms with Crippen molar-refractivity contribution in [3.05, 3.63) is 77.6 Å². The quantitative estimate of drug-likeness (QED) is 0.626. The fourth-order valence-corrected chi connectivity index (χ4v) is 3.14. The Hall–Kier alpha value is -3.21. The van der Waals surface area contributed by atoms with Crippen LogP contribution in [0.1, 0.15) is 40.2 Å². The van der Waals surface area contributed by atoms with Crippen molar-refractivity contribution in [3.63, 3.8) is 0 Å². The van der Waals surface area contributed by atoms with Crippen molar-refractivity contribution in [1.82, 2.24) is 10.2 Å². The standard InChI is InChI=1S/C21H20N2O3/c1-14-9-16(7-8-19(14)18-12-22-23-13-18)20(24)10-17(11-21(25)26)15-5-3-2-4-6-15/h2-9,12-13,17H,10-11H2,1H3,(H,22,23)(H,25,26)/t17-/m1/s1. The Morgan fingerprint density at radius 1 is 1.12 bits per heavy atom. The minimum atomic E-state index is -0.905. The van der Waals surface area contributed by atoms with E-state index in [0.717, 1.165) is 22.3 Å². The summed E-state index contributed by atoms with van der Waals surface area (Å²) in [6.45, 7) is 1.95. The number of rotatable bonds is 7. The highest BCUT2D eigenvalue weighted by Gasteiger charge is 2.20. The molecule has 3 aromatic rings. The van der Waals surface area contributed by atoms with Gasteiger partial charge in [-0.15, -0.1) is 0 Å². The molecule has 0 aliphatic rings. The van der Waals surface area contributed by atoms with Crippen LogP contribution in [0.25, 0.3) is 11.1 Å². The van der Waals surface area contributed by atoms with E-state index in [1.165, 1.54) is 0 Å². The van der Waals surface area contributed by atoms with Crippen molar-refractivity contribution >= 4 is 11.8 Å². The topological polar surface area (TPSA) is 83.1 Å². The lowest BCUT2D eigenvalue weighted by Gasteiger charge is -2.15. The van der Waals surface area contributed by atoms with Crippen LogP contribution in [-0.2, 0) is 4.79 Å². The molecule has 1 heterocycles. The molecule has 5 heteroatoms. The molecule has 3 rings (SSSR count). The van der Waals surface area contributed by atoms with Crippen LogP contribution in [0.15, 0.2) is 60.9 Å². The number of carbonyl (C=O) groups is 2. The summed E-state index contributed by atoms with van der Waals surface area (Å²) >= 11 is 0. The smallest absolute Gasteiger partial charge is 0.303 e. The van der Waals surface area contributed by atoms with Crippen LogP contribution in [-0.4, -0.2) is 27.1 Å². The first-order valence-corrected chi connectivity index (χ1v) is 8.44. The monoisotopic (exact) mass is 348 g/mol. The number of carboxylic acid groups (broad SMARTS) is 1. The van der Waals surface area contributed by atoms with Crippen molar-refractivity contribution in [2.75, 3.05) is 0 Å². The van der Waals surface area contributed by atoms with Gasteiger partial charge in [0.15, 0.2) is 5.78 Å². The van der Waals surface area contributed by atoms with Crippen LogP contribution in [0.2, 0.25) is 0 Å². The molecule has 0 fully saturated rings. The van der Waals surface area contributed by atoms with Gasteiger partial charge in [-0.05, 0) is 29.7 Å². The average Bonchev–Trinajstić information content (AvgIpc) is 3.15. The Morgan fingerprint density at radius 2 is 1.88 bits per heavy atom. The molecule has 0 saturated carbocycles. The van der Waals surface area contributed by atoms with Gasteiger partial charge in [0.25, 0.3) is 0 Å². The predicted octanol–water partition coefficient (Wildman–Crippen LogP) is 4.22. The first kappa shape index (κ1) is 17.6. The number of hydrogen-bond acceptors (Lipinski definition) is 3. The molecule has 0 unspecified atom stereocenters. The van der Waals surface area contributed by atoms with Gasteiger partial charge < -0.3 is 5.11 Å². The predicted molar refractivity (Wildman–Crippen MR) is 99.1 cm³/mol. The molecule has 26 heavy (non-hydrogen) atoms. The molecule has 132 valence electrons. The second kappa shape index (κ2) is 7.78. The van der Waals surface area contributed by atoms with Crippen LogP contribution in [0.4, 0.5) is 0 Å². The zero-order valence-electron chi connectivity index (χ0n) is 14.5. The van der Waals surface area contributed by atoms with E-state index >= 15 is 0 Å². The maximum Gasteiger partial charge on any atom is 0.303 e. The lowest BCUT2D eigenvalue weighted by molar-refractivity contribution is -0.137. The number of hydrogen-bond donors (Lipinski definition) is 2. The van der Waals surface area contributed by atoms with Crippen LogP contribution < -0.4 is 0 Å². The van der Waals surface area contributed by atoms with E-state index in [4.69, 9.17) is 0 Å². The minimum Gasteiger partial charge on any atom is -0.481 e. The number of Topliss-reactive ketones (excluding diaryl/α,β-unsaturated/α-hetero) is 1. The molecule has 0 bridgehead atoms. The van der Waals surface area contributed by atoms with Crippen LogP contribution >= 0.6 is 0 Å². The van der Waals surface area contributed by atoms with Crippen molar-refractivity contribution < 1.29 is 14.7 Å². The van der Waals surface area contributed by atoms with Gasteiger partial charge in [0.05, 0.1) is 12.6 Å². The lowest BCUT2D eigenvalue weighted by Crippen LogP contribution is -2.12. The maximum absolute atomic E-state index is 12.7. The highest BCUT2D eigenvalue weighted by molar-refractivity contribution is 5.97. The van der Waals surface area contributed by atoms with Gasteiger partial charge in [-0.2, -0.15) is 5.10 Å². The minimum absolute atomic E-state index is 0.0538. The number of aromatic nitrogens is 2. The first-order valence-electron chi connectivity index (χ1n) is 8.44. The third kappa shape index (κ3) is 4.06. The molecule has 0 amide bonds. The molecule has 0 aliphatic heterocycles. The normalized spacial score (nSPS) is 11.9. The van der Waals surface area contributed by atoms with Crippen molar-refractivity contribution in [1.29, 1.82) is 0 Å². The molecule has 1 atom stereocenters. The average molecular weight is 348 g/mol. The highest BCUT2D eigenvalue weighted by atomic mass is 16.4. The van der Waals surface area contributed by atoms with Crippen LogP contribution in [0.3, 0.4) is 0 Å². The SMILES string of the molecule is Cc1cc(C(=O)C[C@H](CC(=O)O)c2ccccc2)ccc1-c1cn[nH]c1. The summed E-state index contributed by atoms with van der Waals surface area (Å²) in [4.78, 5) is 24.0. The van der Waals surface area contributed by atoms with E-state index < -0.39 is 5.97 Å². The number of H-pyrrole nitrogens is 1. The largest absolute Gasteiger partial charge is 0.481 e. The molecular formula is C21H20N2O3. The van der Waals surface area contributed by atoms with E-state index in [-0.39, 0.29) is 24.5 Å². The molecule has 2 aromatic carbocycles. The number of benzene rings is 2. The molecule has 0 saturated heterocycles.